The van der Waals surface area contributed by atoms with Crippen molar-refractivity contribution in [2.24, 2.45) is 0 Å². The highest BCUT2D eigenvalue weighted by Gasteiger charge is 2.17. The standard InChI is InChI=1S/C23H21ClN2O2/c1-2-26(21-9-4-3-5-10-21)23(28)19-8-6-7-18(15-19)22(27)25-16-17-11-13-20(24)14-12-17/h3-15H,2,16H2,1H3,(H,25,27). The number of halogens is 1. The number of nitrogens with zero attached hydrogens (tertiary/aromatic N) is 1. The van der Waals surface area contributed by atoms with E-state index in [2.05, 4.69) is 5.32 Å². The van der Waals surface area contributed by atoms with Crippen LogP contribution in [0.3, 0.4) is 0 Å². The van der Waals surface area contributed by atoms with Crippen LogP contribution in [-0.4, -0.2) is 18.4 Å². The summed E-state index contributed by atoms with van der Waals surface area (Å²) in [5.74, 6) is -0.367. The molecule has 5 heteroatoms. The summed E-state index contributed by atoms with van der Waals surface area (Å²) in [5, 5.41) is 3.52. The molecule has 2 amide bonds. The Labute approximate surface area is 169 Å². The highest BCUT2D eigenvalue weighted by atomic mass is 35.5. The summed E-state index contributed by atoms with van der Waals surface area (Å²) in [7, 11) is 0. The lowest BCUT2D eigenvalue weighted by Crippen LogP contribution is -2.31. The van der Waals surface area contributed by atoms with Gasteiger partial charge in [-0.1, -0.05) is 48.0 Å². The highest BCUT2D eigenvalue weighted by Crippen LogP contribution is 2.17. The molecule has 4 nitrogen and oxygen atoms in total. The number of rotatable bonds is 6. The Morgan fingerprint density at radius 3 is 2.25 bits per heavy atom. The van der Waals surface area contributed by atoms with Gasteiger partial charge in [0.15, 0.2) is 0 Å². The first-order valence-corrected chi connectivity index (χ1v) is 9.46. The van der Waals surface area contributed by atoms with Crippen LogP contribution >= 0.6 is 11.6 Å². The molecule has 0 aliphatic carbocycles. The smallest absolute Gasteiger partial charge is 0.258 e. The number of hydrogen-bond acceptors (Lipinski definition) is 2. The molecule has 0 spiro atoms. The van der Waals surface area contributed by atoms with Crippen molar-refractivity contribution in [3.8, 4) is 0 Å². The van der Waals surface area contributed by atoms with Gasteiger partial charge in [-0.3, -0.25) is 9.59 Å². The summed E-state index contributed by atoms with van der Waals surface area (Å²) in [6.45, 7) is 2.85. The Morgan fingerprint density at radius 1 is 0.893 bits per heavy atom. The summed E-state index contributed by atoms with van der Waals surface area (Å²) in [5.41, 5.74) is 2.70. The topological polar surface area (TPSA) is 49.4 Å². The first kappa shape index (κ1) is 19.6. The zero-order valence-electron chi connectivity index (χ0n) is 15.6. The molecular weight excluding hydrogens is 372 g/mol. The maximum Gasteiger partial charge on any atom is 0.258 e. The molecule has 3 aromatic carbocycles. The molecule has 0 aliphatic heterocycles. The van der Waals surface area contributed by atoms with Crippen LogP contribution in [0.5, 0.6) is 0 Å². The van der Waals surface area contributed by atoms with Crippen LogP contribution in [0.25, 0.3) is 0 Å². The Hall–Kier alpha value is -3.11. The number of carbonyl (C=O) groups is 2. The second kappa shape index (κ2) is 9.20. The van der Waals surface area contributed by atoms with Crippen LogP contribution in [0, 0.1) is 0 Å². The van der Waals surface area contributed by atoms with Gasteiger partial charge in [0.05, 0.1) is 0 Å². The number of amides is 2. The van der Waals surface area contributed by atoms with Gasteiger partial charge in [0.25, 0.3) is 11.8 Å². The predicted molar refractivity (Wildman–Crippen MR) is 113 cm³/mol. The van der Waals surface area contributed by atoms with Crippen LogP contribution in [0.1, 0.15) is 33.2 Å². The van der Waals surface area contributed by atoms with Crippen molar-refractivity contribution < 1.29 is 9.59 Å². The maximum atomic E-state index is 12.9. The molecule has 0 fully saturated rings. The van der Waals surface area contributed by atoms with Crippen molar-refractivity contribution >= 4 is 29.1 Å². The van der Waals surface area contributed by atoms with Crippen molar-refractivity contribution in [3.63, 3.8) is 0 Å². The molecule has 0 saturated heterocycles. The largest absolute Gasteiger partial charge is 0.348 e. The van der Waals surface area contributed by atoms with E-state index in [-0.39, 0.29) is 11.8 Å². The minimum atomic E-state index is -0.229. The Kier molecular flexibility index (Phi) is 6.45. The molecule has 0 atom stereocenters. The average Bonchev–Trinajstić information content (AvgIpc) is 2.74. The normalized spacial score (nSPS) is 10.4. The van der Waals surface area contributed by atoms with Gasteiger partial charge in [-0.15, -0.1) is 0 Å². The van der Waals surface area contributed by atoms with E-state index in [0.717, 1.165) is 11.3 Å². The molecule has 0 radical (unpaired) electrons. The molecule has 3 aromatic rings. The first-order valence-electron chi connectivity index (χ1n) is 9.08. The third kappa shape index (κ3) is 4.78. The number of nitrogens with one attached hydrogen (secondary N) is 1. The second-order valence-corrected chi connectivity index (χ2v) is 6.71. The van der Waals surface area contributed by atoms with Crippen LogP contribution in [0.15, 0.2) is 78.9 Å². The van der Waals surface area contributed by atoms with Crippen molar-refractivity contribution in [2.75, 3.05) is 11.4 Å². The molecule has 0 unspecified atom stereocenters. The molecular formula is C23H21ClN2O2. The summed E-state index contributed by atoms with van der Waals surface area (Å²) in [6, 6.07) is 23.6. The summed E-state index contributed by atoms with van der Waals surface area (Å²) in [4.78, 5) is 27.1. The number of hydrogen-bond donors (Lipinski definition) is 1. The Bertz CT molecular complexity index is 956. The first-order chi connectivity index (χ1) is 13.6. The summed E-state index contributed by atoms with van der Waals surface area (Å²) in [6.07, 6.45) is 0. The lowest BCUT2D eigenvalue weighted by molar-refractivity contribution is 0.0951. The molecule has 0 saturated carbocycles. The summed E-state index contributed by atoms with van der Waals surface area (Å²) >= 11 is 5.88. The number of anilines is 1. The van der Waals surface area contributed by atoms with Gasteiger partial charge in [-0.25, -0.2) is 0 Å². The molecule has 0 aliphatic rings. The molecule has 3 rings (SSSR count). The van der Waals surface area contributed by atoms with Gasteiger partial charge in [0.1, 0.15) is 0 Å². The van der Waals surface area contributed by atoms with Crippen molar-refractivity contribution in [3.05, 3.63) is 101 Å². The molecule has 0 bridgehead atoms. The molecule has 142 valence electrons. The zero-order valence-corrected chi connectivity index (χ0v) is 16.3. The van der Waals surface area contributed by atoms with Gasteiger partial charge in [0.2, 0.25) is 0 Å². The van der Waals surface area contributed by atoms with Gasteiger partial charge in [0, 0.05) is 34.9 Å². The third-order valence-corrected chi connectivity index (χ3v) is 4.62. The van der Waals surface area contributed by atoms with E-state index >= 15 is 0 Å². The molecule has 0 heterocycles. The van der Waals surface area contributed by atoms with Crippen LogP contribution in [-0.2, 0) is 6.54 Å². The van der Waals surface area contributed by atoms with Gasteiger partial charge >= 0.3 is 0 Å². The van der Waals surface area contributed by atoms with Crippen molar-refractivity contribution in [1.29, 1.82) is 0 Å². The van der Waals surface area contributed by atoms with E-state index in [4.69, 9.17) is 11.6 Å². The Morgan fingerprint density at radius 2 is 1.57 bits per heavy atom. The SMILES string of the molecule is CCN(C(=O)c1cccc(C(=O)NCc2ccc(Cl)cc2)c1)c1ccccc1. The summed E-state index contributed by atoms with van der Waals surface area (Å²) < 4.78 is 0. The second-order valence-electron chi connectivity index (χ2n) is 6.27. The number of carbonyl (C=O) groups excluding carboxylic acids is 2. The third-order valence-electron chi connectivity index (χ3n) is 4.37. The quantitative estimate of drug-likeness (QED) is 0.646. The molecule has 28 heavy (non-hydrogen) atoms. The van der Waals surface area contributed by atoms with E-state index in [9.17, 15) is 9.59 Å². The van der Waals surface area contributed by atoms with E-state index in [1.54, 1.807) is 41.3 Å². The van der Waals surface area contributed by atoms with Gasteiger partial charge in [-0.05, 0) is 55.0 Å². The fourth-order valence-electron chi connectivity index (χ4n) is 2.89. The minimum absolute atomic E-state index is 0.138. The van der Waals surface area contributed by atoms with E-state index in [0.29, 0.717) is 29.2 Å². The van der Waals surface area contributed by atoms with Crippen LogP contribution in [0.2, 0.25) is 5.02 Å². The van der Waals surface area contributed by atoms with Gasteiger partial charge < -0.3 is 10.2 Å². The van der Waals surface area contributed by atoms with E-state index in [1.165, 1.54) is 0 Å². The molecule has 1 N–H and O–H groups in total. The number of para-hydroxylation sites is 1. The molecule has 0 aromatic heterocycles. The number of benzene rings is 3. The van der Waals surface area contributed by atoms with Crippen molar-refractivity contribution in [1.82, 2.24) is 5.32 Å². The average molecular weight is 393 g/mol. The van der Waals surface area contributed by atoms with Crippen LogP contribution in [0.4, 0.5) is 5.69 Å². The van der Waals surface area contributed by atoms with Gasteiger partial charge in [-0.2, -0.15) is 0 Å². The highest BCUT2D eigenvalue weighted by molar-refractivity contribution is 6.30. The lowest BCUT2D eigenvalue weighted by atomic mass is 10.1. The zero-order chi connectivity index (χ0) is 19.9. The lowest BCUT2D eigenvalue weighted by Gasteiger charge is -2.21. The Balaban J connectivity index is 1.72. The van der Waals surface area contributed by atoms with Crippen molar-refractivity contribution in [2.45, 2.75) is 13.5 Å². The van der Waals surface area contributed by atoms with E-state index < -0.39 is 0 Å². The predicted octanol–water partition coefficient (Wildman–Crippen LogP) is 4.94. The monoisotopic (exact) mass is 392 g/mol. The fourth-order valence-corrected chi connectivity index (χ4v) is 3.01. The minimum Gasteiger partial charge on any atom is -0.348 e. The maximum absolute atomic E-state index is 12.9. The van der Waals surface area contributed by atoms with E-state index in [1.807, 2.05) is 49.4 Å². The van der Waals surface area contributed by atoms with Crippen LogP contribution < -0.4 is 10.2 Å². The fraction of sp³-hybridized carbons (Fsp3) is 0.130.